The Hall–Kier alpha value is -3.57. The summed E-state index contributed by atoms with van der Waals surface area (Å²) in [5.41, 5.74) is 2.29. The van der Waals surface area contributed by atoms with E-state index in [4.69, 9.17) is 4.42 Å². The second-order valence-corrected chi connectivity index (χ2v) is 10.8. The summed E-state index contributed by atoms with van der Waals surface area (Å²) in [6.45, 7) is 2.06. The fourth-order valence-electron chi connectivity index (χ4n) is 5.62. The molecule has 2 aromatic carbocycles. The number of carbonyl (C=O) groups excluding carboxylic acids is 1. The van der Waals surface area contributed by atoms with Gasteiger partial charge in [0.2, 0.25) is 0 Å². The van der Waals surface area contributed by atoms with Gasteiger partial charge in [0, 0.05) is 32.6 Å². The first kappa shape index (κ1) is 26.6. The van der Waals surface area contributed by atoms with Crippen molar-refractivity contribution in [3.8, 4) is 0 Å². The zero-order valence-electron chi connectivity index (χ0n) is 21.4. The molecule has 0 unspecified atom stereocenters. The SMILES string of the molecule is O=C(c1nn2c(c1Br)N[C@@H](c1ccco1)C[C@@H]2C(F)(F)F)N1CCN(C(c2ccccc2)c2ccccc2)CC1. The number of piperazine rings is 1. The highest BCUT2D eigenvalue weighted by Crippen LogP contribution is 2.46. The second-order valence-electron chi connectivity index (χ2n) is 10.0. The smallest absolute Gasteiger partial charge is 0.410 e. The van der Waals surface area contributed by atoms with Crippen molar-refractivity contribution in [1.29, 1.82) is 0 Å². The molecule has 40 heavy (non-hydrogen) atoms. The average Bonchev–Trinajstić information content (AvgIpc) is 3.62. The fraction of sp³-hybridized carbons (Fsp3) is 0.310. The van der Waals surface area contributed by atoms with Crippen LogP contribution in [0, 0.1) is 0 Å². The van der Waals surface area contributed by atoms with E-state index < -0.39 is 24.2 Å². The molecule has 11 heteroatoms. The maximum atomic E-state index is 14.1. The number of rotatable bonds is 5. The van der Waals surface area contributed by atoms with Crippen LogP contribution >= 0.6 is 15.9 Å². The molecule has 2 atom stereocenters. The van der Waals surface area contributed by atoms with Crippen LogP contribution < -0.4 is 5.32 Å². The van der Waals surface area contributed by atoms with Crippen molar-refractivity contribution in [2.24, 2.45) is 0 Å². The minimum absolute atomic E-state index is 0.0292. The van der Waals surface area contributed by atoms with E-state index in [-0.39, 0.29) is 28.4 Å². The normalized spacial score (nSPS) is 19.9. The van der Waals surface area contributed by atoms with Crippen LogP contribution in [-0.4, -0.2) is 57.8 Å². The molecule has 1 N–H and O–H groups in total. The largest absolute Gasteiger partial charge is 0.467 e. The third-order valence-electron chi connectivity index (χ3n) is 7.58. The number of hydrogen-bond donors (Lipinski definition) is 1. The molecule has 2 aliphatic heterocycles. The molecule has 1 saturated heterocycles. The number of furan rings is 1. The van der Waals surface area contributed by atoms with Gasteiger partial charge in [-0.05, 0) is 39.2 Å². The molecule has 0 bridgehead atoms. The Morgan fingerprint density at radius 3 is 2.12 bits per heavy atom. The lowest BCUT2D eigenvalue weighted by molar-refractivity contribution is -0.174. The fourth-order valence-corrected chi connectivity index (χ4v) is 6.16. The molecule has 2 aliphatic rings. The molecule has 0 spiro atoms. The van der Waals surface area contributed by atoms with Crippen LogP contribution in [0.25, 0.3) is 0 Å². The standard InChI is InChI=1S/C29H27BrF3N5O2/c30-24-25(35-38-23(29(31,32)33)18-21(34-27(24)38)22-12-7-17-40-22)28(39)37-15-13-36(14-16-37)26(19-8-3-1-4-9-19)20-10-5-2-6-11-20/h1-12,17,21,23,26,34H,13-16,18H2/t21-,23-/m1/s1. The first-order valence-corrected chi connectivity index (χ1v) is 13.9. The van der Waals surface area contributed by atoms with Gasteiger partial charge >= 0.3 is 6.18 Å². The molecule has 0 radical (unpaired) electrons. The van der Waals surface area contributed by atoms with Gasteiger partial charge in [0.05, 0.1) is 22.8 Å². The van der Waals surface area contributed by atoms with E-state index in [0.717, 1.165) is 15.8 Å². The number of nitrogens with zero attached hydrogens (tertiary/aromatic N) is 4. The molecule has 0 aliphatic carbocycles. The molecule has 6 rings (SSSR count). The summed E-state index contributed by atoms with van der Waals surface area (Å²) in [6.07, 6.45) is -3.43. The molecule has 208 valence electrons. The van der Waals surface area contributed by atoms with Crippen molar-refractivity contribution >= 4 is 27.7 Å². The zero-order chi connectivity index (χ0) is 27.9. The van der Waals surface area contributed by atoms with E-state index in [2.05, 4.69) is 55.5 Å². The molecular weight excluding hydrogens is 587 g/mol. The number of amides is 1. The van der Waals surface area contributed by atoms with Gasteiger partial charge in [0.15, 0.2) is 11.7 Å². The third kappa shape index (κ3) is 5.03. The van der Waals surface area contributed by atoms with Crippen LogP contribution in [0.1, 0.15) is 51.9 Å². The van der Waals surface area contributed by atoms with Crippen LogP contribution in [0.3, 0.4) is 0 Å². The third-order valence-corrected chi connectivity index (χ3v) is 8.33. The zero-order valence-corrected chi connectivity index (χ0v) is 23.0. The quantitative estimate of drug-likeness (QED) is 0.280. The summed E-state index contributed by atoms with van der Waals surface area (Å²) in [6, 6.07) is 21.1. The van der Waals surface area contributed by atoms with E-state index >= 15 is 0 Å². The number of carbonyl (C=O) groups is 1. The Kier molecular flexibility index (Phi) is 7.18. The first-order chi connectivity index (χ1) is 19.3. The highest BCUT2D eigenvalue weighted by Gasteiger charge is 2.48. The lowest BCUT2D eigenvalue weighted by Crippen LogP contribution is -2.50. The summed E-state index contributed by atoms with van der Waals surface area (Å²) in [4.78, 5) is 17.6. The van der Waals surface area contributed by atoms with Crippen molar-refractivity contribution in [3.63, 3.8) is 0 Å². The number of fused-ring (bicyclic) bond motifs is 1. The molecule has 1 amide bonds. The summed E-state index contributed by atoms with van der Waals surface area (Å²) in [7, 11) is 0. The predicted octanol–water partition coefficient (Wildman–Crippen LogP) is 6.45. The molecule has 4 aromatic rings. The van der Waals surface area contributed by atoms with Crippen molar-refractivity contribution < 1.29 is 22.4 Å². The molecule has 7 nitrogen and oxygen atoms in total. The van der Waals surface area contributed by atoms with Crippen LogP contribution in [0.5, 0.6) is 0 Å². The second kappa shape index (κ2) is 10.8. The number of aromatic nitrogens is 2. The van der Waals surface area contributed by atoms with Gasteiger partial charge in [-0.1, -0.05) is 60.7 Å². The van der Waals surface area contributed by atoms with Crippen molar-refractivity contribution in [2.45, 2.75) is 30.7 Å². The number of alkyl halides is 3. The topological polar surface area (TPSA) is 66.5 Å². The van der Waals surface area contributed by atoms with Gasteiger partial charge in [-0.2, -0.15) is 18.3 Å². The van der Waals surface area contributed by atoms with Gasteiger partial charge in [-0.15, -0.1) is 0 Å². The molecule has 1 fully saturated rings. The Balaban J connectivity index is 1.23. The van der Waals surface area contributed by atoms with Gasteiger partial charge in [-0.25, -0.2) is 4.68 Å². The highest BCUT2D eigenvalue weighted by molar-refractivity contribution is 9.10. The summed E-state index contributed by atoms with van der Waals surface area (Å²) in [5, 5.41) is 7.28. The molecule has 0 saturated carbocycles. The Labute approximate surface area is 237 Å². The first-order valence-electron chi connectivity index (χ1n) is 13.1. The van der Waals surface area contributed by atoms with E-state index in [0.29, 0.717) is 31.9 Å². The number of hydrogen-bond acceptors (Lipinski definition) is 5. The van der Waals surface area contributed by atoms with Crippen molar-refractivity contribution in [2.75, 3.05) is 31.5 Å². The number of anilines is 1. The maximum absolute atomic E-state index is 14.1. The number of nitrogens with one attached hydrogen (secondary N) is 1. The monoisotopic (exact) mass is 613 g/mol. The Morgan fingerprint density at radius 2 is 1.57 bits per heavy atom. The van der Waals surface area contributed by atoms with Gasteiger partial charge in [0.25, 0.3) is 5.91 Å². The lowest BCUT2D eigenvalue weighted by Gasteiger charge is -2.39. The van der Waals surface area contributed by atoms with E-state index in [1.807, 2.05) is 36.4 Å². The Bertz CT molecular complexity index is 1410. The van der Waals surface area contributed by atoms with Crippen LogP contribution in [0.4, 0.5) is 19.0 Å². The summed E-state index contributed by atoms with van der Waals surface area (Å²) >= 11 is 3.38. The van der Waals surface area contributed by atoms with Gasteiger partial charge in [0.1, 0.15) is 11.6 Å². The molecular formula is C29H27BrF3N5O2. The van der Waals surface area contributed by atoms with Crippen LogP contribution in [-0.2, 0) is 0 Å². The van der Waals surface area contributed by atoms with Gasteiger partial charge in [-0.3, -0.25) is 9.69 Å². The molecule has 2 aromatic heterocycles. The number of halogens is 4. The van der Waals surface area contributed by atoms with E-state index in [1.165, 1.54) is 6.26 Å². The van der Waals surface area contributed by atoms with Crippen LogP contribution in [0.2, 0.25) is 0 Å². The van der Waals surface area contributed by atoms with Crippen molar-refractivity contribution in [3.05, 3.63) is 106 Å². The predicted molar refractivity (Wildman–Crippen MR) is 147 cm³/mol. The molecule has 4 heterocycles. The minimum atomic E-state index is -4.55. The minimum Gasteiger partial charge on any atom is -0.467 e. The number of benzene rings is 2. The Morgan fingerprint density at radius 1 is 0.950 bits per heavy atom. The van der Waals surface area contributed by atoms with Gasteiger partial charge < -0.3 is 14.6 Å². The van der Waals surface area contributed by atoms with Crippen molar-refractivity contribution in [1.82, 2.24) is 19.6 Å². The summed E-state index contributed by atoms with van der Waals surface area (Å²) in [5.74, 6) is 0.107. The van der Waals surface area contributed by atoms with Crippen LogP contribution in [0.15, 0.2) is 87.9 Å². The lowest BCUT2D eigenvalue weighted by atomic mass is 9.96. The average molecular weight is 614 g/mol. The van der Waals surface area contributed by atoms with E-state index in [9.17, 15) is 18.0 Å². The van der Waals surface area contributed by atoms with E-state index in [1.54, 1.807) is 17.0 Å². The summed E-state index contributed by atoms with van der Waals surface area (Å²) < 4.78 is 48.8. The highest BCUT2D eigenvalue weighted by atomic mass is 79.9. The maximum Gasteiger partial charge on any atom is 0.410 e.